The molecule has 1 heterocycles. The summed E-state index contributed by atoms with van der Waals surface area (Å²) in [6.07, 6.45) is 0. The molecule has 3 rings (SSSR count). The second kappa shape index (κ2) is 9.26. The maximum Gasteiger partial charge on any atom is 0.235 e. The average molecular weight is 415 g/mol. The number of nitrogens with one attached hydrogen (secondary N) is 1. The van der Waals surface area contributed by atoms with E-state index < -0.39 is 0 Å². The molecule has 1 atom stereocenters. The number of benzene rings is 2. The topological polar surface area (TPSA) is 59.8 Å². The summed E-state index contributed by atoms with van der Waals surface area (Å²) in [4.78, 5) is 11.7. The molecule has 5 nitrogen and oxygen atoms in total. The van der Waals surface area contributed by atoms with Crippen molar-refractivity contribution in [2.24, 2.45) is 0 Å². The van der Waals surface area contributed by atoms with Crippen LogP contribution in [0, 0.1) is 13.8 Å². The quantitative estimate of drug-likeness (QED) is 0.453. The Morgan fingerprint density at radius 3 is 2.57 bits per heavy atom. The number of alkyl halides is 1. The van der Waals surface area contributed by atoms with Gasteiger partial charge < -0.3 is 5.32 Å². The van der Waals surface area contributed by atoms with Gasteiger partial charge in [-0.15, -0.1) is 21.8 Å². The van der Waals surface area contributed by atoms with E-state index in [2.05, 4.69) is 58.8 Å². The van der Waals surface area contributed by atoms with Gasteiger partial charge in [0.1, 0.15) is 5.88 Å². The molecule has 0 aliphatic carbocycles. The van der Waals surface area contributed by atoms with Crippen LogP contribution in [0.1, 0.15) is 35.5 Å². The number of hydrogen-bond donors (Lipinski definition) is 1. The minimum atomic E-state index is -0.312. The molecule has 0 spiro atoms. The number of aromatic nitrogens is 3. The maximum atomic E-state index is 11.7. The molecule has 1 aromatic heterocycles. The summed E-state index contributed by atoms with van der Waals surface area (Å²) in [5.74, 6) is 1.14. The van der Waals surface area contributed by atoms with Gasteiger partial charge in [0.2, 0.25) is 5.91 Å². The summed E-state index contributed by atoms with van der Waals surface area (Å²) >= 11 is 7.26. The minimum Gasteiger partial charge on any atom is -0.345 e. The summed E-state index contributed by atoms with van der Waals surface area (Å²) < 4.78 is 2.00. The number of amides is 1. The third-order valence-electron chi connectivity index (χ3n) is 4.29. The highest BCUT2D eigenvalue weighted by atomic mass is 35.5. The van der Waals surface area contributed by atoms with Gasteiger partial charge in [0, 0.05) is 11.4 Å². The predicted molar refractivity (Wildman–Crippen MR) is 114 cm³/mol. The maximum absolute atomic E-state index is 11.7. The molecule has 3 aromatic rings. The molecule has 0 fully saturated rings. The standard InChI is InChI=1S/C21H23ClN4OS/c1-14-7-9-18(10-8-14)26-20(16(3)23-19(27)12-22)24-25-21(26)28-13-17-6-4-5-15(2)11-17/h4-11,16H,12-13H2,1-3H3,(H,23,27)/t16-/m0/s1. The lowest BCUT2D eigenvalue weighted by molar-refractivity contribution is -0.119. The number of aryl methyl sites for hydroxylation is 2. The van der Waals surface area contributed by atoms with E-state index in [0.717, 1.165) is 16.6 Å². The first-order valence-corrected chi connectivity index (χ1v) is 10.6. The molecule has 0 bridgehead atoms. The van der Waals surface area contributed by atoms with E-state index in [-0.39, 0.29) is 17.8 Å². The Bertz CT molecular complexity index is 955. The van der Waals surface area contributed by atoms with Crippen molar-refractivity contribution in [3.05, 3.63) is 71.0 Å². The van der Waals surface area contributed by atoms with Crippen LogP contribution < -0.4 is 5.32 Å². The van der Waals surface area contributed by atoms with Gasteiger partial charge in [-0.25, -0.2) is 0 Å². The molecule has 7 heteroatoms. The van der Waals surface area contributed by atoms with Crippen LogP contribution in [0.15, 0.2) is 53.7 Å². The summed E-state index contributed by atoms with van der Waals surface area (Å²) in [6.45, 7) is 6.02. The van der Waals surface area contributed by atoms with Crippen molar-refractivity contribution >= 4 is 29.3 Å². The zero-order valence-corrected chi connectivity index (χ0v) is 17.7. The third kappa shape index (κ3) is 4.94. The molecule has 0 saturated heterocycles. The first-order valence-electron chi connectivity index (χ1n) is 9.04. The summed E-state index contributed by atoms with van der Waals surface area (Å²) in [5.41, 5.74) is 4.60. The van der Waals surface area contributed by atoms with E-state index in [1.165, 1.54) is 16.7 Å². The molecule has 0 aliphatic heterocycles. The monoisotopic (exact) mass is 414 g/mol. The Balaban J connectivity index is 1.92. The van der Waals surface area contributed by atoms with Crippen LogP contribution in [-0.2, 0) is 10.5 Å². The van der Waals surface area contributed by atoms with Crippen molar-refractivity contribution in [1.82, 2.24) is 20.1 Å². The lowest BCUT2D eigenvalue weighted by Gasteiger charge is -2.16. The first kappa shape index (κ1) is 20.4. The van der Waals surface area contributed by atoms with Crippen LogP contribution in [0.5, 0.6) is 0 Å². The van der Waals surface area contributed by atoms with Crippen molar-refractivity contribution in [1.29, 1.82) is 0 Å². The lowest BCUT2D eigenvalue weighted by Crippen LogP contribution is -2.29. The zero-order chi connectivity index (χ0) is 20.1. The molecular weight excluding hydrogens is 392 g/mol. The van der Waals surface area contributed by atoms with Crippen molar-refractivity contribution in [3.63, 3.8) is 0 Å². The molecule has 0 unspecified atom stereocenters. The van der Waals surface area contributed by atoms with Crippen molar-refractivity contribution in [3.8, 4) is 5.69 Å². The van der Waals surface area contributed by atoms with Crippen LogP contribution in [0.4, 0.5) is 0 Å². The van der Waals surface area contributed by atoms with Gasteiger partial charge in [0.25, 0.3) is 0 Å². The summed E-state index contributed by atoms with van der Waals surface area (Å²) in [7, 11) is 0. The van der Waals surface area contributed by atoms with E-state index in [4.69, 9.17) is 11.6 Å². The fourth-order valence-electron chi connectivity index (χ4n) is 2.89. The predicted octanol–water partition coefficient (Wildman–Crippen LogP) is 4.59. The number of carbonyl (C=O) groups excluding carboxylic acids is 1. The second-order valence-electron chi connectivity index (χ2n) is 6.71. The van der Waals surface area contributed by atoms with Crippen LogP contribution in [0.2, 0.25) is 0 Å². The highest BCUT2D eigenvalue weighted by molar-refractivity contribution is 7.98. The van der Waals surface area contributed by atoms with E-state index in [1.54, 1.807) is 11.8 Å². The normalized spacial score (nSPS) is 12.0. The SMILES string of the molecule is Cc1ccc(-n2c(SCc3cccc(C)c3)nnc2[C@H](C)NC(=O)CCl)cc1. The van der Waals surface area contributed by atoms with Crippen LogP contribution in [0.3, 0.4) is 0 Å². The van der Waals surface area contributed by atoms with Crippen LogP contribution in [0.25, 0.3) is 5.69 Å². The molecule has 1 N–H and O–H groups in total. The number of nitrogens with zero attached hydrogens (tertiary/aromatic N) is 3. The fourth-order valence-corrected chi connectivity index (χ4v) is 3.87. The highest BCUT2D eigenvalue weighted by Crippen LogP contribution is 2.28. The second-order valence-corrected chi connectivity index (χ2v) is 7.92. The largest absolute Gasteiger partial charge is 0.345 e. The van der Waals surface area contributed by atoms with E-state index in [1.807, 2.05) is 30.5 Å². The van der Waals surface area contributed by atoms with E-state index >= 15 is 0 Å². The van der Waals surface area contributed by atoms with Crippen LogP contribution >= 0.6 is 23.4 Å². The Hall–Kier alpha value is -2.31. The van der Waals surface area contributed by atoms with Crippen molar-refractivity contribution < 1.29 is 4.79 Å². The van der Waals surface area contributed by atoms with Gasteiger partial charge in [0.15, 0.2) is 11.0 Å². The Kier molecular flexibility index (Phi) is 6.75. The Morgan fingerprint density at radius 2 is 1.89 bits per heavy atom. The van der Waals surface area contributed by atoms with Gasteiger partial charge in [0.05, 0.1) is 6.04 Å². The van der Waals surface area contributed by atoms with Gasteiger partial charge in [-0.2, -0.15) is 0 Å². The number of hydrogen-bond acceptors (Lipinski definition) is 4. The van der Waals surface area contributed by atoms with Crippen LogP contribution in [-0.4, -0.2) is 26.6 Å². The fraction of sp³-hybridized carbons (Fsp3) is 0.286. The van der Waals surface area contributed by atoms with E-state index in [9.17, 15) is 4.79 Å². The van der Waals surface area contributed by atoms with Crippen molar-refractivity contribution in [2.45, 2.75) is 37.7 Å². The molecule has 0 aliphatic rings. The molecule has 146 valence electrons. The van der Waals surface area contributed by atoms with Gasteiger partial charge >= 0.3 is 0 Å². The molecule has 1 amide bonds. The molecule has 28 heavy (non-hydrogen) atoms. The number of thioether (sulfide) groups is 1. The average Bonchev–Trinajstić information content (AvgIpc) is 3.11. The van der Waals surface area contributed by atoms with Gasteiger partial charge in [-0.05, 0) is 38.5 Å². The number of halogens is 1. The molecule has 0 radical (unpaired) electrons. The smallest absolute Gasteiger partial charge is 0.235 e. The zero-order valence-electron chi connectivity index (χ0n) is 16.1. The third-order valence-corrected chi connectivity index (χ3v) is 5.53. The highest BCUT2D eigenvalue weighted by Gasteiger charge is 2.20. The number of carbonyl (C=O) groups is 1. The summed E-state index contributed by atoms with van der Waals surface area (Å²) in [5, 5.41) is 12.4. The Labute approximate surface area is 174 Å². The van der Waals surface area contributed by atoms with Crippen molar-refractivity contribution in [2.75, 3.05) is 5.88 Å². The lowest BCUT2D eigenvalue weighted by atomic mass is 10.2. The molecular formula is C21H23ClN4OS. The molecule has 2 aromatic carbocycles. The van der Waals surface area contributed by atoms with E-state index in [0.29, 0.717) is 5.82 Å². The molecule has 0 saturated carbocycles. The van der Waals surface area contributed by atoms with Gasteiger partial charge in [-0.1, -0.05) is 59.3 Å². The first-order chi connectivity index (χ1) is 13.5. The minimum absolute atomic E-state index is 0.0853. The summed E-state index contributed by atoms with van der Waals surface area (Å²) in [6, 6.07) is 16.3. The number of rotatable bonds is 7. The van der Waals surface area contributed by atoms with Gasteiger partial charge in [-0.3, -0.25) is 9.36 Å². The Morgan fingerprint density at radius 1 is 1.14 bits per heavy atom.